The van der Waals surface area contributed by atoms with Gasteiger partial charge < -0.3 is 30.3 Å². The number of aromatic nitrogens is 8. The Kier molecular flexibility index (Phi) is 10.5. The van der Waals surface area contributed by atoms with Crippen LogP contribution in [0.5, 0.6) is 11.5 Å². The van der Waals surface area contributed by atoms with Crippen LogP contribution in [0.3, 0.4) is 0 Å². The molecule has 18 nitrogen and oxygen atoms in total. The van der Waals surface area contributed by atoms with Gasteiger partial charge in [-0.25, -0.2) is 28.3 Å². The molecule has 0 aliphatic carbocycles. The third kappa shape index (κ3) is 8.28. The smallest absolute Gasteiger partial charge is 0.337 e. The topological polar surface area (TPSA) is 238 Å². The number of halogens is 2. The number of carbonyl (C=O) groups is 4. The van der Waals surface area contributed by atoms with Crippen molar-refractivity contribution in [3.05, 3.63) is 120 Å². The highest BCUT2D eigenvalue weighted by Gasteiger charge is 2.22. The maximum Gasteiger partial charge on any atom is 0.337 e. The lowest BCUT2D eigenvalue weighted by Gasteiger charge is -2.17. The highest BCUT2D eigenvalue weighted by molar-refractivity contribution is 6.07. The van der Waals surface area contributed by atoms with Crippen LogP contribution in [-0.2, 0) is 0 Å². The molecule has 0 fully saturated rings. The van der Waals surface area contributed by atoms with Crippen LogP contribution in [0.1, 0.15) is 48.6 Å². The molecule has 4 aromatic heterocycles. The van der Waals surface area contributed by atoms with E-state index in [1.807, 2.05) is 0 Å². The summed E-state index contributed by atoms with van der Waals surface area (Å²) < 4.78 is 44.1. The van der Waals surface area contributed by atoms with E-state index in [9.17, 15) is 38.2 Å². The largest absolute Gasteiger partial charge is 0.490 e. The molecule has 0 spiro atoms. The number of anilines is 2. The number of carboxylic acid groups (broad SMARTS) is 2. The second-order valence-corrected chi connectivity index (χ2v) is 11.4. The molecule has 6 rings (SSSR count). The summed E-state index contributed by atoms with van der Waals surface area (Å²) >= 11 is 0. The van der Waals surface area contributed by atoms with Crippen LogP contribution in [0.2, 0.25) is 0 Å². The molecule has 0 aliphatic heterocycles. The molecule has 6 aromatic rings. The minimum absolute atomic E-state index is 0.159. The maximum absolute atomic E-state index is 14.9. The van der Waals surface area contributed by atoms with Crippen molar-refractivity contribution in [2.24, 2.45) is 5.92 Å². The van der Waals surface area contributed by atoms with E-state index in [0.29, 0.717) is 23.8 Å². The fourth-order valence-corrected chi connectivity index (χ4v) is 4.73. The van der Waals surface area contributed by atoms with Crippen molar-refractivity contribution >= 4 is 35.1 Å². The third-order valence-corrected chi connectivity index (χ3v) is 7.45. The number of rotatable bonds is 14. The molecule has 2 amide bonds. The molecule has 274 valence electrons. The lowest BCUT2D eigenvalue weighted by molar-refractivity contribution is 0.0686. The molecule has 0 saturated carbocycles. The van der Waals surface area contributed by atoms with E-state index in [-0.39, 0.29) is 36.0 Å². The van der Waals surface area contributed by atoms with Crippen molar-refractivity contribution in [3.63, 3.8) is 0 Å². The van der Waals surface area contributed by atoms with E-state index in [4.69, 9.17) is 9.47 Å². The number of nitrogens with zero attached hydrogens (tertiary/aromatic N) is 8. The fourth-order valence-electron chi connectivity index (χ4n) is 4.73. The predicted octanol–water partition coefficient (Wildman–Crippen LogP) is 3.91. The van der Waals surface area contributed by atoms with Gasteiger partial charge in [0.15, 0.2) is 46.2 Å². The summed E-state index contributed by atoms with van der Waals surface area (Å²) in [6, 6.07) is 9.03. The molecule has 0 saturated heterocycles. The number of carboxylic acids is 2. The van der Waals surface area contributed by atoms with E-state index < -0.39 is 63.9 Å². The first-order chi connectivity index (χ1) is 26.0. The van der Waals surface area contributed by atoms with Crippen molar-refractivity contribution < 1.29 is 47.6 Å². The van der Waals surface area contributed by atoms with E-state index in [2.05, 4.69) is 41.0 Å². The normalized spacial score (nSPS) is 10.9. The molecular weight excluding hydrogens is 714 g/mol. The third-order valence-electron chi connectivity index (χ3n) is 7.45. The lowest BCUT2D eigenvalue weighted by Crippen LogP contribution is -2.20. The number of amides is 2. The average Bonchev–Trinajstić information content (AvgIpc) is 3.91. The SMILES string of the molecule is CC(COc1cc(NC(=O)c2ccc(-n3ccnc3)nn2)c(C(=O)O)cc1F)COc1cc(NC(=O)c2ccc(-n3ccnc3)nn2)c(C(=O)O)cc1F. The van der Waals surface area contributed by atoms with Crippen molar-refractivity contribution in [3.8, 4) is 23.1 Å². The summed E-state index contributed by atoms with van der Waals surface area (Å²) in [7, 11) is 0. The highest BCUT2D eigenvalue weighted by atomic mass is 19.1. The average molecular weight is 741 g/mol. The Morgan fingerprint density at radius 2 is 1.11 bits per heavy atom. The van der Waals surface area contributed by atoms with Crippen LogP contribution < -0.4 is 20.1 Å². The Bertz CT molecular complexity index is 2160. The van der Waals surface area contributed by atoms with Crippen LogP contribution in [0.25, 0.3) is 11.6 Å². The quantitative estimate of drug-likeness (QED) is 0.124. The first-order valence-electron chi connectivity index (χ1n) is 15.6. The van der Waals surface area contributed by atoms with Gasteiger partial charge in [0.1, 0.15) is 12.7 Å². The summed E-state index contributed by atoms with van der Waals surface area (Å²) in [5.74, 6) is -7.43. The first-order valence-corrected chi connectivity index (χ1v) is 15.6. The predicted molar refractivity (Wildman–Crippen MR) is 181 cm³/mol. The monoisotopic (exact) mass is 740 g/mol. The molecule has 2 aromatic carbocycles. The van der Waals surface area contributed by atoms with Crippen LogP contribution in [0.4, 0.5) is 20.2 Å². The van der Waals surface area contributed by atoms with E-state index >= 15 is 0 Å². The van der Waals surface area contributed by atoms with E-state index in [1.165, 1.54) is 49.3 Å². The number of hydrogen-bond acceptors (Lipinski definition) is 12. The van der Waals surface area contributed by atoms with Crippen LogP contribution in [0, 0.1) is 17.6 Å². The number of nitrogens with one attached hydrogen (secondary N) is 2. The standard InChI is InChI=1S/C34H26F2N10O8/c1-18(14-53-27-12-25(19(33(49)50)10-21(27)35)39-31(47)23-2-4-29(43-41-23)45-8-6-37-16-45)15-54-28-13-26(20(34(51)52)11-22(28)36)40-32(48)24-3-5-30(44-42-24)46-9-7-38-17-46/h2-13,16-18H,14-15H2,1H3,(H,39,47)(H,40,48)(H,49,50)(H,51,52). The summed E-state index contributed by atoms with van der Waals surface area (Å²) in [5, 5.41) is 39.6. The van der Waals surface area contributed by atoms with Gasteiger partial charge in [0, 0.05) is 42.8 Å². The molecular formula is C34H26F2N10O8. The fraction of sp³-hybridized carbons (Fsp3) is 0.118. The van der Waals surface area contributed by atoms with Crippen LogP contribution >= 0.6 is 0 Å². The molecule has 54 heavy (non-hydrogen) atoms. The number of imidazole rings is 2. The zero-order chi connectivity index (χ0) is 38.4. The number of hydrogen-bond donors (Lipinski definition) is 4. The zero-order valence-electron chi connectivity index (χ0n) is 27.8. The van der Waals surface area contributed by atoms with Gasteiger partial charge in [-0.2, -0.15) is 0 Å². The van der Waals surface area contributed by atoms with Gasteiger partial charge in [-0.1, -0.05) is 6.92 Å². The minimum atomic E-state index is -1.53. The van der Waals surface area contributed by atoms with Crippen molar-refractivity contribution in [2.75, 3.05) is 23.8 Å². The Labute approximate surface area is 302 Å². The van der Waals surface area contributed by atoms with E-state index in [0.717, 1.165) is 12.1 Å². The lowest BCUT2D eigenvalue weighted by atomic mass is 10.1. The van der Waals surface area contributed by atoms with Gasteiger partial charge >= 0.3 is 11.9 Å². The number of benzene rings is 2. The minimum Gasteiger partial charge on any atom is -0.490 e. The maximum atomic E-state index is 14.9. The Morgan fingerprint density at radius 3 is 1.44 bits per heavy atom. The number of ether oxygens (including phenoxy) is 2. The summed E-state index contributed by atoms with van der Waals surface area (Å²) in [6.45, 7) is 1.14. The first kappa shape index (κ1) is 36.2. The van der Waals surface area contributed by atoms with Crippen molar-refractivity contribution in [1.82, 2.24) is 39.5 Å². The molecule has 0 unspecified atom stereocenters. The molecule has 4 N–H and O–H groups in total. The highest BCUT2D eigenvalue weighted by Crippen LogP contribution is 2.29. The number of carbonyl (C=O) groups excluding carboxylic acids is 2. The van der Waals surface area contributed by atoms with Gasteiger partial charge in [0.05, 0.1) is 35.7 Å². The van der Waals surface area contributed by atoms with Gasteiger partial charge in [-0.15, -0.1) is 20.4 Å². The molecule has 4 heterocycles. The zero-order valence-corrected chi connectivity index (χ0v) is 27.8. The second kappa shape index (κ2) is 15.7. The van der Waals surface area contributed by atoms with Gasteiger partial charge in [-0.05, 0) is 36.4 Å². The second-order valence-electron chi connectivity index (χ2n) is 11.4. The Morgan fingerprint density at radius 1 is 0.685 bits per heavy atom. The Hall–Kier alpha value is -7.64. The summed E-state index contributed by atoms with van der Waals surface area (Å²) in [6.07, 6.45) is 9.25. The van der Waals surface area contributed by atoms with Crippen molar-refractivity contribution in [2.45, 2.75) is 6.92 Å². The molecule has 0 bridgehead atoms. The van der Waals surface area contributed by atoms with E-state index in [1.54, 1.807) is 28.5 Å². The van der Waals surface area contributed by atoms with Gasteiger partial charge in [-0.3, -0.25) is 18.7 Å². The Balaban J connectivity index is 1.10. The molecule has 0 radical (unpaired) electrons. The van der Waals surface area contributed by atoms with Crippen molar-refractivity contribution in [1.29, 1.82) is 0 Å². The summed E-state index contributed by atoms with van der Waals surface area (Å²) in [4.78, 5) is 57.3. The molecule has 0 atom stereocenters. The van der Waals surface area contributed by atoms with Gasteiger partial charge in [0.25, 0.3) is 11.8 Å². The number of aromatic carboxylic acids is 2. The van der Waals surface area contributed by atoms with Crippen LogP contribution in [0.15, 0.2) is 86.0 Å². The van der Waals surface area contributed by atoms with Gasteiger partial charge in [0.2, 0.25) is 0 Å². The molecule has 0 aliphatic rings. The summed E-state index contributed by atoms with van der Waals surface area (Å²) in [5.41, 5.74) is -2.02. The molecule has 20 heteroatoms. The van der Waals surface area contributed by atoms with Crippen LogP contribution in [-0.4, -0.2) is 86.7 Å².